The quantitative estimate of drug-likeness (QED) is 0.112. The van der Waals surface area contributed by atoms with Crippen LogP contribution in [0.25, 0.3) is 33.5 Å². The predicted octanol–water partition coefficient (Wildman–Crippen LogP) is 6.62. The van der Waals surface area contributed by atoms with Gasteiger partial charge in [0, 0.05) is 41.5 Å². The lowest BCUT2D eigenvalue weighted by Crippen LogP contribution is -2.23. The molecule has 27 nitrogen and oxygen atoms in total. The summed E-state index contributed by atoms with van der Waals surface area (Å²) in [6.07, 6.45) is 4.53. The van der Waals surface area contributed by atoms with Gasteiger partial charge in [0.15, 0.2) is 33.5 Å². The number of halogens is 7. The SMILES string of the molecule is C.Cn1cnc2ncn(Cc3n[nH]c(=O)o3)c(=O)c21.Cn1cnc2ncn(Cc3nn(C[C@@H](F)c4ccc(Cl)cc4)c(=O)o3)c(=O)c21.Cn1cnc2ncn(Cc3nn(C[C@H](F)c4ccc(Cl)cc4)c(=O)o3)c(=O)c21.FC(CBr)c1ccc(Cl)cc1. The Kier molecular flexibility index (Phi) is 20.1. The van der Waals surface area contributed by atoms with Crippen molar-refractivity contribution in [3.05, 3.63) is 223 Å². The Labute approximate surface area is 503 Å². The van der Waals surface area contributed by atoms with E-state index in [-0.39, 0.29) is 74.5 Å². The van der Waals surface area contributed by atoms with Crippen molar-refractivity contribution in [2.75, 3.05) is 5.33 Å². The number of aryl methyl sites for hydroxylation is 3. The van der Waals surface area contributed by atoms with Crippen molar-refractivity contribution in [1.82, 2.24) is 87.1 Å². The number of nitrogens with one attached hydrogen (secondary N) is 1. The van der Waals surface area contributed by atoms with Crippen LogP contribution < -0.4 is 33.9 Å². The molecule has 9 heterocycles. The van der Waals surface area contributed by atoms with E-state index in [9.17, 15) is 41.9 Å². The van der Waals surface area contributed by atoms with Gasteiger partial charge < -0.3 is 27.0 Å². The summed E-state index contributed by atoms with van der Waals surface area (Å²) < 4.78 is 66.9. The topological polar surface area (TPSA) is 313 Å². The first-order valence-electron chi connectivity index (χ1n) is 24.7. The van der Waals surface area contributed by atoms with Gasteiger partial charge in [0.25, 0.3) is 16.7 Å². The summed E-state index contributed by atoms with van der Waals surface area (Å²) in [6.45, 7) is -0.846. The molecule has 0 aliphatic carbocycles. The molecule has 1 unspecified atom stereocenters. The van der Waals surface area contributed by atoms with Crippen LogP contribution in [0.2, 0.25) is 15.1 Å². The molecule has 9 aromatic heterocycles. The second-order valence-corrected chi connectivity index (χ2v) is 20.2. The van der Waals surface area contributed by atoms with Crippen LogP contribution in [0.4, 0.5) is 13.2 Å². The average molecular weight is 1310 g/mol. The number of imidazole rings is 3. The van der Waals surface area contributed by atoms with Gasteiger partial charge in [0.1, 0.15) is 57.1 Å². The van der Waals surface area contributed by atoms with Gasteiger partial charge in [-0.3, -0.25) is 28.1 Å². The first kappa shape index (κ1) is 62.7. The van der Waals surface area contributed by atoms with Crippen LogP contribution in [0.5, 0.6) is 0 Å². The summed E-state index contributed by atoms with van der Waals surface area (Å²) in [5.41, 5.74) is 2.43. The molecule has 0 radical (unpaired) electrons. The highest BCUT2D eigenvalue weighted by molar-refractivity contribution is 9.09. The number of fused-ring (bicyclic) bond motifs is 3. The lowest BCUT2D eigenvalue weighted by molar-refractivity contribution is 0.283. The molecule has 0 spiro atoms. The van der Waals surface area contributed by atoms with Gasteiger partial charge in [-0.25, -0.2) is 62.6 Å². The third-order valence-corrected chi connectivity index (χ3v) is 13.6. The zero-order valence-electron chi connectivity index (χ0n) is 44.3. The van der Waals surface area contributed by atoms with Gasteiger partial charge in [0.2, 0.25) is 17.7 Å². The molecule has 0 saturated carbocycles. The van der Waals surface area contributed by atoms with Crippen molar-refractivity contribution in [3.63, 3.8) is 0 Å². The molecule has 0 aliphatic heterocycles. The molecular formula is C52H47BrCl3F3N18O9. The molecule has 0 aliphatic rings. The number of alkyl halides is 4. The fourth-order valence-electron chi connectivity index (χ4n) is 7.99. The number of nitrogens with zero attached hydrogens (tertiary/aromatic N) is 17. The molecule has 3 aromatic carbocycles. The van der Waals surface area contributed by atoms with E-state index in [1.807, 2.05) is 0 Å². The molecule has 0 amide bonds. The maximum atomic E-state index is 14.5. The third-order valence-electron chi connectivity index (χ3n) is 12.3. The van der Waals surface area contributed by atoms with E-state index < -0.39 is 35.8 Å². The summed E-state index contributed by atoms with van der Waals surface area (Å²) in [4.78, 5) is 96.2. The molecule has 448 valence electrons. The van der Waals surface area contributed by atoms with Crippen molar-refractivity contribution in [1.29, 1.82) is 0 Å². The van der Waals surface area contributed by atoms with Gasteiger partial charge in [-0.1, -0.05) is 94.6 Å². The lowest BCUT2D eigenvalue weighted by Gasteiger charge is -2.07. The van der Waals surface area contributed by atoms with Gasteiger partial charge in [-0.15, -0.1) is 15.3 Å². The maximum absolute atomic E-state index is 14.5. The van der Waals surface area contributed by atoms with Crippen LogP contribution in [-0.2, 0) is 53.9 Å². The highest BCUT2D eigenvalue weighted by Crippen LogP contribution is 2.23. The molecular weight excluding hydrogens is 1260 g/mol. The smallest absolute Gasteiger partial charge is 0.390 e. The van der Waals surface area contributed by atoms with Crippen LogP contribution >= 0.6 is 50.7 Å². The highest BCUT2D eigenvalue weighted by atomic mass is 79.9. The minimum absolute atomic E-state index is 0. The summed E-state index contributed by atoms with van der Waals surface area (Å²) in [6, 6.07) is 19.1. The molecule has 86 heavy (non-hydrogen) atoms. The normalized spacial score (nSPS) is 12.2. The van der Waals surface area contributed by atoms with Gasteiger partial charge in [-0.2, -0.15) is 9.36 Å². The molecule has 0 bridgehead atoms. The van der Waals surface area contributed by atoms with Crippen LogP contribution in [-0.4, -0.2) is 92.4 Å². The van der Waals surface area contributed by atoms with E-state index in [4.69, 9.17) is 48.1 Å². The fourth-order valence-corrected chi connectivity index (χ4v) is 8.75. The number of benzene rings is 3. The Morgan fingerprint density at radius 3 is 1.10 bits per heavy atom. The minimum Gasteiger partial charge on any atom is -0.390 e. The van der Waals surface area contributed by atoms with Crippen molar-refractivity contribution in [2.24, 2.45) is 21.1 Å². The van der Waals surface area contributed by atoms with Crippen molar-refractivity contribution in [2.45, 2.75) is 58.7 Å². The largest absolute Gasteiger partial charge is 0.437 e. The number of aromatic amines is 1. The molecule has 12 rings (SSSR count). The first-order valence-corrected chi connectivity index (χ1v) is 27.0. The summed E-state index contributed by atoms with van der Waals surface area (Å²) in [5.74, 6) is -2.22. The number of rotatable bonds is 14. The Morgan fingerprint density at radius 1 is 0.477 bits per heavy atom. The molecule has 0 fully saturated rings. The summed E-state index contributed by atoms with van der Waals surface area (Å²) in [7, 11) is 5.06. The number of aromatic nitrogens is 18. The number of hydrogen-bond donors (Lipinski definition) is 1. The fraction of sp³-hybridized carbons (Fsp3) is 0.250. The van der Waals surface area contributed by atoms with E-state index >= 15 is 0 Å². The van der Waals surface area contributed by atoms with Gasteiger partial charge >= 0.3 is 17.3 Å². The molecule has 0 saturated heterocycles. The van der Waals surface area contributed by atoms with E-state index in [0.29, 0.717) is 70.6 Å². The van der Waals surface area contributed by atoms with Crippen molar-refractivity contribution >= 4 is 84.2 Å². The van der Waals surface area contributed by atoms with Gasteiger partial charge in [-0.05, 0) is 53.1 Å². The number of H-pyrrole nitrogens is 1. The molecule has 12 aromatic rings. The van der Waals surface area contributed by atoms with Gasteiger partial charge in [0.05, 0.1) is 32.1 Å². The molecule has 1 N–H and O–H groups in total. The minimum atomic E-state index is -1.47. The predicted molar refractivity (Wildman–Crippen MR) is 311 cm³/mol. The monoisotopic (exact) mass is 1310 g/mol. The van der Waals surface area contributed by atoms with E-state index in [0.717, 1.165) is 9.36 Å². The highest BCUT2D eigenvalue weighted by Gasteiger charge is 2.20. The van der Waals surface area contributed by atoms with Crippen LogP contribution in [0, 0.1) is 0 Å². The average Bonchev–Trinajstić information content (AvgIpc) is 3.93. The van der Waals surface area contributed by atoms with Crippen LogP contribution in [0.3, 0.4) is 0 Å². The lowest BCUT2D eigenvalue weighted by atomic mass is 10.1. The summed E-state index contributed by atoms with van der Waals surface area (Å²) in [5, 5.41) is 15.7. The van der Waals surface area contributed by atoms with E-state index in [1.54, 1.807) is 83.4 Å². The summed E-state index contributed by atoms with van der Waals surface area (Å²) >= 11 is 20.3. The van der Waals surface area contributed by atoms with Crippen molar-refractivity contribution in [3.8, 4) is 0 Å². The molecule has 3 atom stereocenters. The second-order valence-electron chi connectivity index (χ2n) is 18.2. The van der Waals surface area contributed by atoms with E-state index in [1.165, 1.54) is 75.9 Å². The Balaban J connectivity index is 0.000000156. The Bertz CT molecular complexity index is 4460. The second kappa shape index (κ2) is 27.6. The first-order chi connectivity index (χ1) is 40.7. The van der Waals surface area contributed by atoms with Crippen LogP contribution in [0.15, 0.2) is 153 Å². The molecule has 34 heteroatoms. The zero-order chi connectivity index (χ0) is 60.6. The van der Waals surface area contributed by atoms with Crippen LogP contribution in [0.1, 0.15) is 60.3 Å². The number of hydrogen-bond acceptors (Lipinski definition) is 18. The Hall–Kier alpha value is -9.33. The third kappa shape index (κ3) is 14.8. The standard InChI is InChI=1S/2C17H14ClFN6O3.C9H8N6O3.C8H7BrClF.CH4/c2*1-23-8-20-15-14(23)16(26)24(9-21-15)7-13-22-25(17(27)28-13)6-12(19)10-2-4-11(18)5-3-10;1-14-3-10-7-6(14)8(16)15(4-11-7)2-5-12-13-9(17)18-5;9-5-8(11)6-1-3-7(10)4-2-6;/h2*2-5,8-9,12H,6-7H2,1H3;3-4H,2H2,1H3,(H,13,17);1-4,8H,5H2;1H4/t2*12-;;;/m10.../s1. The van der Waals surface area contributed by atoms with E-state index in [2.05, 4.69) is 66.2 Å². The van der Waals surface area contributed by atoms with Crippen molar-refractivity contribution < 1.29 is 26.4 Å². The Morgan fingerprint density at radius 2 is 0.791 bits per heavy atom. The zero-order valence-corrected chi connectivity index (χ0v) is 48.1. The maximum Gasteiger partial charge on any atom is 0.437 e.